The number of anilines is 2. The summed E-state index contributed by atoms with van der Waals surface area (Å²) in [5.41, 5.74) is 10.9. The van der Waals surface area contributed by atoms with Gasteiger partial charge in [-0.05, 0) is 12.8 Å². The third-order valence-corrected chi connectivity index (χ3v) is 3.58. The molecule has 2 aromatic heterocycles. The first-order valence-corrected chi connectivity index (χ1v) is 7.98. The summed E-state index contributed by atoms with van der Waals surface area (Å²) < 4.78 is 13.1. The van der Waals surface area contributed by atoms with Crippen LogP contribution in [0.1, 0.15) is 51.4 Å². The minimum Gasteiger partial charge on any atom is -1.00 e. The highest BCUT2D eigenvalue weighted by Crippen LogP contribution is 2.08. The number of hydrogen-bond acceptors (Lipinski definition) is 6. The van der Waals surface area contributed by atoms with Crippen molar-refractivity contribution in [2.45, 2.75) is 64.5 Å². The van der Waals surface area contributed by atoms with E-state index in [1.807, 2.05) is 0 Å². The lowest BCUT2D eigenvalue weighted by Gasteiger charge is -1.99. The average Bonchev–Trinajstić information content (AvgIpc) is 3.09. The summed E-state index contributed by atoms with van der Waals surface area (Å²) in [5, 5.41) is 7.61. The van der Waals surface area contributed by atoms with E-state index in [0.717, 1.165) is 25.9 Å². The molecule has 0 unspecified atom stereocenters. The second-order valence-electron chi connectivity index (χ2n) is 5.56. The molecule has 0 bridgehead atoms. The van der Waals surface area contributed by atoms with Gasteiger partial charge in [0.25, 0.3) is 24.2 Å². The van der Waals surface area contributed by atoms with Gasteiger partial charge in [-0.15, -0.1) is 0 Å². The van der Waals surface area contributed by atoms with E-state index < -0.39 is 0 Å². The van der Waals surface area contributed by atoms with Crippen molar-refractivity contribution < 1.29 is 43.2 Å². The van der Waals surface area contributed by atoms with Crippen LogP contribution in [0, 0.1) is 0 Å². The number of nitrogen functional groups attached to an aromatic ring is 2. The van der Waals surface area contributed by atoms with Crippen molar-refractivity contribution in [1.82, 2.24) is 10.5 Å². The highest BCUT2D eigenvalue weighted by Gasteiger charge is 2.08. The zero-order chi connectivity index (χ0) is 15.6. The number of aromatic nitrogens is 4. The Balaban J connectivity index is 0.00000264. The van der Waals surface area contributed by atoms with Crippen molar-refractivity contribution in [3.8, 4) is 0 Å². The van der Waals surface area contributed by atoms with E-state index in [1.54, 1.807) is 21.8 Å². The standard InChI is InChI=1S/C14H26N6O2.2ClH/c15-13-11-19(17-21-13)9-7-5-3-1-2-4-6-8-10-20-12-14(16)22-18-20;;/h11-12H,1-10,15-16H2;2*1H/q+2;;/p-2. The number of hydrogen-bond donors (Lipinski definition) is 2. The van der Waals surface area contributed by atoms with E-state index in [0.29, 0.717) is 11.8 Å². The van der Waals surface area contributed by atoms with Gasteiger partial charge in [-0.1, -0.05) is 35.0 Å². The smallest absolute Gasteiger partial charge is 0.293 e. The molecule has 2 aromatic rings. The molecule has 0 atom stereocenters. The fourth-order valence-electron chi connectivity index (χ4n) is 2.41. The zero-order valence-electron chi connectivity index (χ0n) is 13.7. The Morgan fingerprint density at radius 2 is 1.00 bits per heavy atom. The van der Waals surface area contributed by atoms with E-state index in [9.17, 15) is 0 Å². The van der Waals surface area contributed by atoms with E-state index in [1.165, 1.54) is 38.5 Å². The second-order valence-corrected chi connectivity index (χ2v) is 5.56. The second kappa shape index (κ2) is 12.8. The molecule has 8 nitrogen and oxygen atoms in total. The Morgan fingerprint density at radius 1 is 0.667 bits per heavy atom. The van der Waals surface area contributed by atoms with Gasteiger partial charge in [-0.2, -0.15) is 0 Å². The average molecular weight is 381 g/mol. The van der Waals surface area contributed by atoms with E-state index in [-0.39, 0.29) is 24.8 Å². The molecule has 0 aliphatic heterocycles. The first-order valence-electron chi connectivity index (χ1n) is 7.98. The van der Waals surface area contributed by atoms with Crippen LogP contribution in [0.2, 0.25) is 0 Å². The predicted molar refractivity (Wildman–Crippen MR) is 79.2 cm³/mol. The predicted octanol–water partition coefficient (Wildman–Crippen LogP) is -4.77. The zero-order valence-corrected chi connectivity index (χ0v) is 15.3. The van der Waals surface area contributed by atoms with Gasteiger partial charge in [0.1, 0.15) is 0 Å². The number of halogens is 2. The highest BCUT2D eigenvalue weighted by molar-refractivity contribution is 5.11. The number of nitrogens with two attached hydrogens (primary N) is 2. The summed E-state index contributed by atoms with van der Waals surface area (Å²) >= 11 is 0. The summed E-state index contributed by atoms with van der Waals surface area (Å²) in [4.78, 5) is 0. The third-order valence-electron chi connectivity index (χ3n) is 3.58. The van der Waals surface area contributed by atoms with Crippen LogP contribution in [0.3, 0.4) is 0 Å². The van der Waals surface area contributed by atoms with Crippen LogP contribution < -0.4 is 45.6 Å². The molecule has 0 radical (unpaired) electrons. The van der Waals surface area contributed by atoms with Crippen molar-refractivity contribution in [3.05, 3.63) is 12.4 Å². The summed E-state index contributed by atoms with van der Waals surface area (Å²) in [5.74, 6) is 0.734. The number of aryl methyl sites for hydroxylation is 2. The molecule has 0 amide bonds. The van der Waals surface area contributed by atoms with Crippen molar-refractivity contribution in [3.63, 3.8) is 0 Å². The molecule has 24 heavy (non-hydrogen) atoms. The third kappa shape index (κ3) is 8.93. The van der Waals surface area contributed by atoms with Crippen LogP contribution in [-0.2, 0) is 13.1 Å². The summed E-state index contributed by atoms with van der Waals surface area (Å²) in [6.45, 7) is 1.75. The molecule has 138 valence electrons. The van der Waals surface area contributed by atoms with Gasteiger partial charge in [-0.25, -0.2) is 0 Å². The molecule has 0 aliphatic rings. The molecule has 10 heteroatoms. The molecule has 0 saturated heterocycles. The first kappa shape index (κ1) is 22.5. The molecule has 2 rings (SSSR count). The van der Waals surface area contributed by atoms with Gasteiger partial charge < -0.3 is 36.3 Å². The Kier molecular flexibility index (Phi) is 12.0. The fraction of sp³-hybridized carbons (Fsp3) is 0.714. The molecule has 0 saturated carbocycles. The topological polar surface area (TPSA) is 112 Å². The van der Waals surface area contributed by atoms with Crippen LogP contribution in [0.25, 0.3) is 0 Å². The molecule has 0 fully saturated rings. The number of unbranched alkanes of at least 4 members (excludes halogenated alkanes) is 7. The van der Waals surface area contributed by atoms with Gasteiger partial charge in [0.2, 0.25) is 10.5 Å². The lowest BCUT2D eigenvalue weighted by molar-refractivity contribution is -0.762. The SMILES string of the molecule is Nc1c[n+](CCCCCCCCCC[n+]2cc(N)on2)no1.[Cl-].[Cl-]. The van der Waals surface area contributed by atoms with Crippen LogP contribution in [0.5, 0.6) is 0 Å². The Bertz CT molecular complexity index is 501. The van der Waals surface area contributed by atoms with Crippen LogP contribution in [0.15, 0.2) is 21.4 Å². The first-order chi connectivity index (χ1) is 10.7. The fourth-order valence-corrected chi connectivity index (χ4v) is 2.41. The van der Waals surface area contributed by atoms with Crippen molar-refractivity contribution >= 4 is 11.8 Å². The van der Waals surface area contributed by atoms with Crippen molar-refractivity contribution in [1.29, 1.82) is 0 Å². The van der Waals surface area contributed by atoms with Gasteiger partial charge in [0.15, 0.2) is 13.1 Å². The molecule has 0 spiro atoms. The number of rotatable bonds is 11. The molecule has 0 aromatic carbocycles. The van der Waals surface area contributed by atoms with E-state index >= 15 is 0 Å². The van der Waals surface area contributed by atoms with E-state index in [2.05, 4.69) is 10.5 Å². The molecule has 2 heterocycles. The maximum Gasteiger partial charge on any atom is 0.293 e. The van der Waals surface area contributed by atoms with Crippen molar-refractivity contribution in [2.75, 3.05) is 11.5 Å². The Hall–Kier alpha value is -1.54. The highest BCUT2D eigenvalue weighted by atomic mass is 35.5. The largest absolute Gasteiger partial charge is 1.00 e. The van der Waals surface area contributed by atoms with Gasteiger partial charge in [-0.3, -0.25) is 9.05 Å². The van der Waals surface area contributed by atoms with Gasteiger partial charge in [0, 0.05) is 12.8 Å². The molecule has 0 aliphatic carbocycles. The normalized spacial score (nSPS) is 10.2. The quantitative estimate of drug-likeness (QED) is 0.299. The van der Waals surface area contributed by atoms with E-state index in [4.69, 9.17) is 20.5 Å². The summed E-state index contributed by atoms with van der Waals surface area (Å²) in [6, 6.07) is 0. The Morgan fingerprint density at radius 3 is 1.29 bits per heavy atom. The van der Waals surface area contributed by atoms with Crippen LogP contribution in [-0.4, -0.2) is 10.5 Å². The summed E-state index contributed by atoms with van der Waals surface area (Å²) in [6.07, 6.45) is 13.2. The van der Waals surface area contributed by atoms with Crippen LogP contribution >= 0.6 is 0 Å². The van der Waals surface area contributed by atoms with Gasteiger partial charge in [0.05, 0.1) is 0 Å². The maximum absolute atomic E-state index is 5.46. The maximum atomic E-state index is 5.46. The minimum absolute atomic E-state index is 0. The lowest BCUT2D eigenvalue weighted by Crippen LogP contribution is -3.00. The minimum atomic E-state index is 0. The molecule has 4 N–H and O–H groups in total. The van der Waals surface area contributed by atoms with Gasteiger partial charge >= 0.3 is 0 Å². The monoisotopic (exact) mass is 380 g/mol. The van der Waals surface area contributed by atoms with Crippen molar-refractivity contribution in [2.24, 2.45) is 0 Å². The summed E-state index contributed by atoms with van der Waals surface area (Å²) in [7, 11) is 0. The lowest BCUT2D eigenvalue weighted by atomic mass is 10.1. The Labute approximate surface area is 154 Å². The number of nitrogens with zero attached hydrogens (tertiary/aromatic N) is 4. The molecular weight excluding hydrogens is 355 g/mol. The molecular formula is C14H26Cl2N6O2. The van der Waals surface area contributed by atoms with Crippen LogP contribution in [0.4, 0.5) is 11.8 Å².